The van der Waals surface area contributed by atoms with Crippen molar-refractivity contribution in [1.82, 2.24) is 4.31 Å². The summed E-state index contributed by atoms with van der Waals surface area (Å²) in [6.45, 7) is -0.0220. The summed E-state index contributed by atoms with van der Waals surface area (Å²) in [7, 11) is 4.01. The second kappa shape index (κ2) is 3.36. The third-order valence-corrected chi connectivity index (χ3v) is 2.24. The third kappa shape index (κ3) is 3.69. The van der Waals surface area contributed by atoms with Gasteiger partial charge < -0.3 is 4.74 Å². The number of rotatable bonds is 3. The maximum absolute atomic E-state index is 10.3. The van der Waals surface area contributed by atoms with Crippen LogP contribution in [0.15, 0.2) is 0 Å². The standard InChI is InChI=1S/C3H8ClNO3S/c1-5(3-8-2)9(4,6)7/h3H2,1-2H3. The Balaban J connectivity index is 3.90. The monoisotopic (exact) mass is 173 g/mol. The quantitative estimate of drug-likeness (QED) is 0.446. The third-order valence-electron chi connectivity index (χ3n) is 0.683. The van der Waals surface area contributed by atoms with Crippen LogP contribution in [0.3, 0.4) is 0 Å². The lowest BCUT2D eigenvalue weighted by Gasteiger charge is -2.08. The Labute approximate surface area is 58.9 Å². The van der Waals surface area contributed by atoms with Gasteiger partial charge in [0.1, 0.15) is 6.73 Å². The van der Waals surface area contributed by atoms with Gasteiger partial charge in [0.05, 0.1) is 0 Å². The highest BCUT2D eigenvalue weighted by Crippen LogP contribution is 2.00. The van der Waals surface area contributed by atoms with E-state index in [0.717, 1.165) is 4.31 Å². The van der Waals surface area contributed by atoms with Gasteiger partial charge in [0.25, 0.3) is 0 Å². The average Bonchev–Trinajstić information content (AvgIpc) is 1.64. The molecule has 0 bridgehead atoms. The van der Waals surface area contributed by atoms with E-state index in [0.29, 0.717) is 0 Å². The molecule has 0 N–H and O–H groups in total. The van der Waals surface area contributed by atoms with Crippen LogP contribution in [-0.2, 0) is 14.0 Å². The maximum Gasteiger partial charge on any atom is 0.301 e. The molecule has 56 valence electrons. The number of hydrogen-bond acceptors (Lipinski definition) is 3. The minimum absolute atomic E-state index is 0.0220. The van der Waals surface area contributed by atoms with Gasteiger partial charge in [-0.3, -0.25) is 0 Å². The Kier molecular flexibility index (Phi) is 3.42. The number of methoxy groups -OCH3 is 1. The maximum atomic E-state index is 10.3. The summed E-state index contributed by atoms with van der Waals surface area (Å²) >= 11 is 0. The van der Waals surface area contributed by atoms with Gasteiger partial charge in [0.2, 0.25) is 0 Å². The number of ether oxygens (including phenoxy) is 1. The average molecular weight is 174 g/mol. The van der Waals surface area contributed by atoms with Gasteiger partial charge in [-0.05, 0) is 0 Å². The first-order valence-corrected chi connectivity index (χ1v) is 4.40. The lowest BCUT2D eigenvalue weighted by atomic mass is 11.1. The van der Waals surface area contributed by atoms with Crippen LogP contribution in [0, 0.1) is 0 Å². The number of halogens is 1. The van der Waals surface area contributed by atoms with Crippen LogP contribution in [0.5, 0.6) is 0 Å². The fraction of sp³-hybridized carbons (Fsp3) is 1.00. The van der Waals surface area contributed by atoms with Crippen LogP contribution in [0.4, 0.5) is 0 Å². The van der Waals surface area contributed by atoms with Crippen molar-refractivity contribution in [1.29, 1.82) is 0 Å². The highest BCUT2D eigenvalue weighted by molar-refractivity contribution is 8.11. The molecule has 0 radical (unpaired) electrons. The van der Waals surface area contributed by atoms with Gasteiger partial charge in [-0.25, -0.2) is 0 Å². The van der Waals surface area contributed by atoms with Crippen LogP contribution >= 0.6 is 10.7 Å². The van der Waals surface area contributed by atoms with Crippen molar-refractivity contribution in [2.75, 3.05) is 20.9 Å². The highest BCUT2D eigenvalue weighted by atomic mass is 35.7. The Morgan fingerprint density at radius 1 is 1.67 bits per heavy atom. The van der Waals surface area contributed by atoms with E-state index >= 15 is 0 Å². The van der Waals surface area contributed by atoms with E-state index in [2.05, 4.69) is 4.74 Å². The number of hydrogen-bond donors (Lipinski definition) is 0. The fourth-order valence-electron chi connectivity index (χ4n) is 0.245. The van der Waals surface area contributed by atoms with Gasteiger partial charge >= 0.3 is 9.24 Å². The molecule has 0 saturated carbocycles. The van der Waals surface area contributed by atoms with Crippen LogP contribution in [0.25, 0.3) is 0 Å². The van der Waals surface area contributed by atoms with Gasteiger partial charge in [-0.15, -0.1) is 0 Å². The Morgan fingerprint density at radius 2 is 2.11 bits per heavy atom. The molecule has 0 saturated heterocycles. The van der Waals surface area contributed by atoms with Crippen LogP contribution in [0.1, 0.15) is 0 Å². The Morgan fingerprint density at radius 3 is 2.22 bits per heavy atom. The molecule has 0 unspecified atom stereocenters. The first-order chi connectivity index (χ1) is 3.98. The summed E-state index contributed by atoms with van der Waals surface area (Å²) in [6, 6.07) is 0. The van der Waals surface area contributed by atoms with Crippen LogP contribution in [0.2, 0.25) is 0 Å². The molecule has 0 aliphatic heterocycles. The van der Waals surface area contributed by atoms with Crippen molar-refractivity contribution in [2.45, 2.75) is 0 Å². The normalized spacial score (nSPS) is 12.4. The summed E-state index contributed by atoms with van der Waals surface area (Å²) in [5, 5.41) is 0. The second-order valence-corrected chi connectivity index (χ2v) is 4.08. The molecule has 0 heterocycles. The number of nitrogens with zero attached hydrogens (tertiary/aromatic N) is 1. The van der Waals surface area contributed by atoms with Crippen molar-refractivity contribution in [3.05, 3.63) is 0 Å². The zero-order chi connectivity index (χ0) is 7.49. The predicted molar refractivity (Wildman–Crippen MR) is 34.4 cm³/mol. The van der Waals surface area contributed by atoms with E-state index in [4.69, 9.17) is 10.7 Å². The van der Waals surface area contributed by atoms with E-state index in [1.54, 1.807) is 0 Å². The van der Waals surface area contributed by atoms with Crippen molar-refractivity contribution in [2.24, 2.45) is 0 Å². The SMILES string of the molecule is COCN(C)S(=O)(=O)Cl. The molecule has 0 aromatic rings. The summed E-state index contributed by atoms with van der Waals surface area (Å²) in [5.74, 6) is 0. The van der Waals surface area contributed by atoms with Crippen LogP contribution in [-0.4, -0.2) is 33.6 Å². The zero-order valence-corrected chi connectivity index (χ0v) is 6.74. The van der Waals surface area contributed by atoms with Crippen molar-refractivity contribution in [3.63, 3.8) is 0 Å². The molecule has 0 aliphatic carbocycles. The predicted octanol–water partition coefficient (Wildman–Crippen LogP) is 0.00570. The lowest BCUT2D eigenvalue weighted by Crippen LogP contribution is -2.24. The minimum Gasteiger partial charge on any atom is -0.368 e. The van der Waals surface area contributed by atoms with Gasteiger partial charge in [-0.2, -0.15) is 12.7 Å². The first-order valence-electron chi connectivity index (χ1n) is 2.13. The van der Waals surface area contributed by atoms with E-state index in [1.807, 2.05) is 0 Å². The molecule has 0 aliphatic rings. The molecule has 0 rings (SSSR count). The molecule has 6 heteroatoms. The molecule has 0 atom stereocenters. The molecular formula is C3H8ClNO3S. The second-order valence-electron chi connectivity index (χ2n) is 1.46. The fourth-order valence-corrected chi connectivity index (χ4v) is 0.596. The first kappa shape index (κ1) is 9.16. The topological polar surface area (TPSA) is 46.6 Å². The molecule has 0 fully saturated rings. The Bertz CT molecular complexity index is 166. The molecular weight excluding hydrogens is 166 g/mol. The lowest BCUT2D eigenvalue weighted by molar-refractivity contribution is 0.132. The largest absolute Gasteiger partial charge is 0.368 e. The van der Waals surface area contributed by atoms with Gasteiger partial charge in [0.15, 0.2) is 0 Å². The van der Waals surface area contributed by atoms with Crippen molar-refractivity contribution >= 4 is 19.9 Å². The smallest absolute Gasteiger partial charge is 0.301 e. The van der Waals surface area contributed by atoms with Gasteiger partial charge in [-0.1, -0.05) is 0 Å². The summed E-state index contributed by atoms with van der Waals surface area (Å²) in [6.07, 6.45) is 0. The molecule has 9 heavy (non-hydrogen) atoms. The Hall–Kier alpha value is 0.160. The van der Waals surface area contributed by atoms with Gasteiger partial charge in [0, 0.05) is 24.8 Å². The summed E-state index contributed by atoms with van der Waals surface area (Å²) in [5.41, 5.74) is 0. The molecule has 0 spiro atoms. The minimum atomic E-state index is -3.58. The van der Waals surface area contributed by atoms with Crippen LogP contribution < -0.4 is 0 Å². The molecule has 0 amide bonds. The molecule has 4 nitrogen and oxygen atoms in total. The van der Waals surface area contributed by atoms with E-state index in [1.165, 1.54) is 14.2 Å². The summed E-state index contributed by atoms with van der Waals surface area (Å²) < 4.78 is 26.0. The zero-order valence-electron chi connectivity index (χ0n) is 5.17. The van der Waals surface area contributed by atoms with Crippen molar-refractivity contribution in [3.8, 4) is 0 Å². The van der Waals surface area contributed by atoms with Crippen molar-refractivity contribution < 1.29 is 13.2 Å². The molecule has 0 aromatic carbocycles. The van der Waals surface area contributed by atoms with E-state index < -0.39 is 9.24 Å². The molecule has 0 aromatic heterocycles. The van der Waals surface area contributed by atoms with E-state index in [-0.39, 0.29) is 6.73 Å². The van der Waals surface area contributed by atoms with E-state index in [9.17, 15) is 8.42 Å². The highest BCUT2D eigenvalue weighted by Gasteiger charge is 2.11. The summed E-state index contributed by atoms with van der Waals surface area (Å²) in [4.78, 5) is 0.